The highest BCUT2D eigenvalue weighted by atomic mass is 16.6. The second-order valence-corrected chi connectivity index (χ2v) is 9.71. The van der Waals surface area contributed by atoms with Crippen molar-refractivity contribution in [2.24, 2.45) is 5.41 Å². The summed E-state index contributed by atoms with van der Waals surface area (Å²) in [5.41, 5.74) is 3.05. The van der Waals surface area contributed by atoms with Crippen molar-refractivity contribution < 1.29 is 24.0 Å². The quantitative estimate of drug-likeness (QED) is 0.357. The molecule has 1 heterocycles. The van der Waals surface area contributed by atoms with Crippen LogP contribution in [0.25, 0.3) is 0 Å². The van der Waals surface area contributed by atoms with Crippen molar-refractivity contribution in [1.29, 1.82) is 0 Å². The Bertz CT molecular complexity index is 1260. The summed E-state index contributed by atoms with van der Waals surface area (Å²) in [5.74, 6) is -0.711. The van der Waals surface area contributed by atoms with Gasteiger partial charge in [0, 0.05) is 41.4 Å². The van der Waals surface area contributed by atoms with Crippen molar-refractivity contribution in [3.8, 4) is 5.75 Å². The number of carbonyl (C=O) groups is 2. The molecule has 0 saturated heterocycles. The number of ether oxygens (including phenoxy) is 2. The fourth-order valence-corrected chi connectivity index (χ4v) is 4.81. The first-order chi connectivity index (χ1) is 16.6. The van der Waals surface area contributed by atoms with Gasteiger partial charge in [-0.25, -0.2) is 4.79 Å². The highest BCUT2D eigenvalue weighted by Crippen LogP contribution is 2.47. The van der Waals surface area contributed by atoms with Crippen molar-refractivity contribution in [2.75, 3.05) is 7.11 Å². The normalized spacial score (nSPS) is 19.1. The van der Waals surface area contributed by atoms with Crippen molar-refractivity contribution in [3.63, 3.8) is 0 Å². The third-order valence-corrected chi connectivity index (χ3v) is 6.40. The van der Waals surface area contributed by atoms with Crippen LogP contribution in [-0.4, -0.2) is 23.8 Å². The van der Waals surface area contributed by atoms with Crippen molar-refractivity contribution in [1.82, 2.24) is 5.32 Å². The van der Waals surface area contributed by atoms with Crippen LogP contribution in [-0.2, 0) is 20.9 Å². The van der Waals surface area contributed by atoms with Gasteiger partial charge in [-0.2, -0.15) is 0 Å². The summed E-state index contributed by atoms with van der Waals surface area (Å²) in [6.07, 6.45) is 0.956. The monoisotopic (exact) mass is 476 g/mol. The van der Waals surface area contributed by atoms with Crippen LogP contribution >= 0.6 is 0 Å². The molecule has 0 saturated carbocycles. The van der Waals surface area contributed by atoms with Crippen LogP contribution in [0.5, 0.6) is 5.75 Å². The Labute approximate surface area is 203 Å². The molecule has 0 spiro atoms. The third kappa shape index (κ3) is 4.96. The second-order valence-electron chi connectivity index (χ2n) is 9.71. The topological polar surface area (TPSA) is 108 Å². The number of nitrogens with one attached hydrogen (secondary N) is 1. The summed E-state index contributed by atoms with van der Waals surface area (Å²) >= 11 is 0. The number of hydrogen-bond donors (Lipinski definition) is 1. The number of ketones is 1. The van der Waals surface area contributed by atoms with Crippen molar-refractivity contribution in [3.05, 3.63) is 92.3 Å². The second kappa shape index (κ2) is 9.37. The van der Waals surface area contributed by atoms with E-state index in [-0.39, 0.29) is 29.1 Å². The van der Waals surface area contributed by atoms with E-state index >= 15 is 0 Å². The molecule has 8 heteroatoms. The molecule has 1 aliphatic heterocycles. The first-order valence-electron chi connectivity index (χ1n) is 11.4. The van der Waals surface area contributed by atoms with E-state index < -0.39 is 16.8 Å². The fraction of sp³-hybridized carbons (Fsp3) is 0.333. The maximum atomic E-state index is 13.4. The van der Waals surface area contributed by atoms with Gasteiger partial charge in [-0.15, -0.1) is 0 Å². The number of hydrogen-bond acceptors (Lipinski definition) is 7. The van der Waals surface area contributed by atoms with Crippen LogP contribution in [0.3, 0.4) is 0 Å². The van der Waals surface area contributed by atoms with Crippen molar-refractivity contribution in [2.45, 2.75) is 46.1 Å². The number of allylic oxidation sites excluding steroid dienone is 3. The molecule has 8 nitrogen and oxygen atoms in total. The average Bonchev–Trinajstić information content (AvgIpc) is 2.81. The molecule has 0 unspecified atom stereocenters. The molecule has 1 aliphatic carbocycles. The van der Waals surface area contributed by atoms with Crippen LogP contribution in [0.2, 0.25) is 0 Å². The lowest BCUT2D eigenvalue weighted by atomic mass is 9.68. The molecule has 2 aromatic rings. The van der Waals surface area contributed by atoms with E-state index in [9.17, 15) is 19.7 Å². The molecule has 35 heavy (non-hydrogen) atoms. The Kier molecular flexibility index (Phi) is 6.47. The van der Waals surface area contributed by atoms with Crippen LogP contribution < -0.4 is 10.1 Å². The zero-order chi connectivity index (χ0) is 25.3. The highest BCUT2D eigenvalue weighted by Gasteiger charge is 2.43. The molecule has 0 bridgehead atoms. The zero-order valence-corrected chi connectivity index (χ0v) is 20.2. The van der Waals surface area contributed by atoms with Gasteiger partial charge >= 0.3 is 5.97 Å². The number of nitro groups is 1. The number of nitro benzene ring substituents is 1. The molecule has 1 N–H and O–H groups in total. The minimum absolute atomic E-state index is 0.0359. The van der Waals surface area contributed by atoms with Crippen LogP contribution in [0, 0.1) is 15.5 Å². The largest absolute Gasteiger partial charge is 0.497 e. The maximum absolute atomic E-state index is 13.4. The molecular weight excluding hydrogens is 448 g/mol. The van der Waals surface area contributed by atoms with E-state index in [1.165, 1.54) is 12.1 Å². The molecule has 2 aliphatic rings. The van der Waals surface area contributed by atoms with Crippen molar-refractivity contribution >= 4 is 17.4 Å². The molecule has 2 aromatic carbocycles. The fourth-order valence-electron chi connectivity index (χ4n) is 4.81. The van der Waals surface area contributed by atoms with Gasteiger partial charge < -0.3 is 14.8 Å². The lowest BCUT2D eigenvalue weighted by molar-refractivity contribution is -0.384. The van der Waals surface area contributed by atoms with Gasteiger partial charge in [-0.05, 0) is 42.0 Å². The molecule has 0 radical (unpaired) electrons. The number of dihydropyridines is 1. The molecule has 0 amide bonds. The van der Waals surface area contributed by atoms with Gasteiger partial charge in [0.2, 0.25) is 0 Å². The maximum Gasteiger partial charge on any atom is 0.337 e. The number of non-ortho nitro benzene ring substituents is 1. The number of carbonyl (C=O) groups excluding carboxylic acids is 2. The van der Waals surface area contributed by atoms with Gasteiger partial charge in [-0.1, -0.05) is 38.1 Å². The molecular formula is C27H28N2O6. The van der Waals surface area contributed by atoms with E-state index in [1.54, 1.807) is 50.4 Å². The van der Waals surface area contributed by atoms with Gasteiger partial charge in [0.25, 0.3) is 5.69 Å². The van der Waals surface area contributed by atoms with E-state index in [4.69, 9.17) is 9.47 Å². The van der Waals surface area contributed by atoms with Gasteiger partial charge in [0.1, 0.15) is 12.4 Å². The Morgan fingerprint density at radius 3 is 2.54 bits per heavy atom. The zero-order valence-electron chi connectivity index (χ0n) is 20.2. The summed E-state index contributed by atoms with van der Waals surface area (Å²) in [6.45, 7) is 5.85. The predicted octanol–water partition coefficient (Wildman–Crippen LogP) is 4.95. The van der Waals surface area contributed by atoms with Crippen LogP contribution in [0.4, 0.5) is 5.69 Å². The first-order valence-corrected chi connectivity index (χ1v) is 11.4. The number of benzene rings is 2. The summed E-state index contributed by atoms with van der Waals surface area (Å²) < 4.78 is 10.8. The summed E-state index contributed by atoms with van der Waals surface area (Å²) in [6, 6.07) is 13.3. The first kappa shape index (κ1) is 24.2. The molecule has 182 valence electrons. The summed E-state index contributed by atoms with van der Waals surface area (Å²) in [4.78, 5) is 37.7. The van der Waals surface area contributed by atoms with E-state index in [0.717, 1.165) is 11.3 Å². The Morgan fingerprint density at radius 1 is 1.17 bits per heavy atom. The van der Waals surface area contributed by atoms with Crippen LogP contribution in [0.15, 0.2) is 71.1 Å². The number of rotatable bonds is 6. The van der Waals surface area contributed by atoms with Gasteiger partial charge in [0.05, 0.1) is 17.6 Å². The Morgan fingerprint density at radius 2 is 1.89 bits per heavy atom. The lowest BCUT2D eigenvalue weighted by Gasteiger charge is -2.39. The summed E-state index contributed by atoms with van der Waals surface area (Å²) in [7, 11) is 1.57. The van der Waals surface area contributed by atoms with E-state index in [2.05, 4.69) is 5.32 Å². The van der Waals surface area contributed by atoms with Gasteiger partial charge in [-0.3, -0.25) is 14.9 Å². The SMILES string of the molecule is COc1ccc(COC(=O)C2=C(C)NC3=C(C(=O)CC(C)(C)C3)[C@H]2c2cccc([N+](=O)[O-])c2)cc1. The Hall–Kier alpha value is -3.94. The standard InChI is InChI=1S/C27H28N2O6/c1-16-23(26(31)35-15-17-8-10-20(34-4)11-9-17)24(18-6-5-7-19(12-18)29(32)33)25-21(28-16)13-27(2,3)14-22(25)30/h5-12,24,28H,13-15H2,1-4H3/t24-/m0/s1. The van der Waals surface area contributed by atoms with Gasteiger partial charge in [0.15, 0.2) is 5.78 Å². The number of methoxy groups -OCH3 is 1. The predicted molar refractivity (Wildman–Crippen MR) is 130 cm³/mol. The number of esters is 1. The Balaban J connectivity index is 1.72. The number of Topliss-reactive ketones (excluding diaryl/α,β-unsaturated/α-hetero) is 1. The lowest BCUT2D eigenvalue weighted by Crippen LogP contribution is -2.38. The van der Waals surface area contributed by atoms with Crippen LogP contribution in [0.1, 0.15) is 50.7 Å². The average molecular weight is 477 g/mol. The summed E-state index contributed by atoms with van der Waals surface area (Å²) in [5, 5.41) is 14.7. The van der Waals surface area contributed by atoms with E-state index in [0.29, 0.717) is 35.4 Å². The molecule has 0 aromatic heterocycles. The van der Waals surface area contributed by atoms with E-state index in [1.807, 2.05) is 13.8 Å². The smallest absolute Gasteiger partial charge is 0.337 e. The highest BCUT2D eigenvalue weighted by molar-refractivity contribution is 6.04. The minimum atomic E-state index is -0.752. The minimum Gasteiger partial charge on any atom is -0.497 e. The molecule has 0 fully saturated rings. The third-order valence-electron chi connectivity index (χ3n) is 6.40. The molecule has 4 rings (SSSR count). The molecule has 1 atom stereocenters. The number of nitrogens with zero attached hydrogens (tertiary/aromatic N) is 1.